The minimum atomic E-state index is -0.446. The molecule has 0 aliphatic carbocycles. The summed E-state index contributed by atoms with van der Waals surface area (Å²) in [6.45, 7) is 2.40. The molecular formula is C21H24N2O2S. The first kappa shape index (κ1) is 18.5. The third kappa shape index (κ3) is 3.93. The Balaban J connectivity index is 1.62. The van der Waals surface area contributed by atoms with Crippen molar-refractivity contribution in [1.29, 1.82) is 0 Å². The molecule has 1 N–H and O–H groups in total. The van der Waals surface area contributed by atoms with Gasteiger partial charge in [-0.2, -0.15) is 0 Å². The van der Waals surface area contributed by atoms with E-state index in [-0.39, 0.29) is 11.8 Å². The van der Waals surface area contributed by atoms with Gasteiger partial charge in [0.2, 0.25) is 11.8 Å². The molecule has 4 nitrogen and oxygen atoms in total. The van der Waals surface area contributed by atoms with Crippen LogP contribution < -0.4 is 10.2 Å². The summed E-state index contributed by atoms with van der Waals surface area (Å²) in [6, 6.07) is 15.7. The second kappa shape index (κ2) is 8.41. The number of anilines is 1. The Kier molecular flexibility index (Phi) is 5.99. The van der Waals surface area contributed by atoms with E-state index in [0.29, 0.717) is 19.4 Å². The molecule has 0 unspecified atom stereocenters. The first-order chi connectivity index (χ1) is 12.6. The van der Waals surface area contributed by atoms with Crippen molar-refractivity contribution in [3.8, 4) is 0 Å². The lowest BCUT2D eigenvalue weighted by Crippen LogP contribution is -2.48. The van der Waals surface area contributed by atoms with Crippen molar-refractivity contribution < 1.29 is 9.59 Å². The van der Waals surface area contributed by atoms with E-state index >= 15 is 0 Å². The fourth-order valence-electron chi connectivity index (χ4n) is 3.31. The van der Waals surface area contributed by atoms with Crippen LogP contribution in [0, 0.1) is 0 Å². The molecule has 5 heteroatoms. The van der Waals surface area contributed by atoms with E-state index < -0.39 is 6.04 Å². The van der Waals surface area contributed by atoms with Crippen LogP contribution in [0.25, 0.3) is 0 Å². The fraction of sp³-hybridized carbons (Fsp3) is 0.333. The number of hydrogen-bond acceptors (Lipinski definition) is 3. The molecule has 26 heavy (non-hydrogen) atoms. The number of hydrogen-bond donors (Lipinski definition) is 1. The third-order valence-electron chi connectivity index (χ3n) is 4.72. The number of thioether (sulfide) groups is 1. The summed E-state index contributed by atoms with van der Waals surface area (Å²) in [5, 5.41) is 3.01. The summed E-state index contributed by atoms with van der Waals surface area (Å²) in [5.41, 5.74) is 3.12. The van der Waals surface area contributed by atoms with Crippen LogP contribution in [0.3, 0.4) is 0 Å². The van der Waals surface area contributed by atoms with Crippen LogP contribution in [0.15, 0.2) is 53.4 Å². The van der Waals surface area contributed by atoms with E-state index in [1.165, 1.54) is 10.5 Å². The summed E-state index contributed by atoms with van der Waals surface area (Å²) in [4.78, 5) is 28.0. The third-order valence-corrected chi connectivity index (χ3v) is 5.47. The van der Waals surface area contributed by atoms with Gasteiger partial charge in [0.1, 0.15) is 6.04 Å². The van der Waals surface area contributed by atoms with E-state index in [1.54, 1.807) is 16.7 Å². The second-order valence-corrected chi connectivity index (χ2v) is 7.23. The number of para-hydroxylation sites is 1. The number of fused-ring (bicyclic) bond motifs is 1. The molecule has 1 aliphatic rings. The standard InChI is InChI=1S/C21H24N2O2S/c1-3-20(24)23-18-7-5-4-6-16(18)14-19(23)21(25)22-13-12-15-8-10-17(26-2)11-9-15/h4-11,19H,3,12-14H2,1-2H3,(H,22,25)/t19-/m0/s1. The lowest BCUT2D eigenvalue weighted by atomic mass is 10.1. The normalized spacial score (nSPS) is 15.6. The summed E-state index contributed by atoms with van der Waals surface area (Å²) in [5.74, 6) is -0.0912. The molecule has 1 heterocycles. The van der Waals surface area contributed by atoms with Crippen LogP contribution in [0.5, 0.6) is 0 Å². The van der Waals surface area contributed by atoms with Crippen molar-refractivity contribution in [3.05, 3.63) is 59.7 Å². The number of nitrogens with one attached hydrogen (secondary N) is 1. The van der Waals surface area contributed by atoms with E-state index in [1.807, 2.05) is 31.2 Å². The minimum Gasteiger partial charge on any atom is -0.354 e. The summed E-state index contributed by atoms with van der Waals surface area (Å²) >= 11 is 1.71. The number of amides is 2. The molecule has 2 aromatic rings. The van der Waals surface area contributed by atoms with Gasteiger partial charge in [0.25, 0.3) is 0 Å². The average Bonchev–Trinajstić information content (AvgIpc) is 3.07. The van der Waals surface area contributed by atoms with Gasteiger partial charge < -0.3 is 5.32 Å². The Hall–Kier alpha value is -2.27. The Morgan fingerprint density at radius 2 is 1.88 bits per heavy atom. The van der Waals surface area contributed by atoms with Gasteiger partial charge >= 0.3 is 0 Å². The highest BCUT2D eigenvalue weighted by atomic mass is 32.2. The lowest BCUT2D eigenvalue weighted by molar-refractivity contribution is -0.126. The maximum Gasteiger partial charge on any atom is 0.243 e. The summed E-state index contributed by atoms with van der Waals surface area (Å²) in [6.07, 6.45) is 3.80. The zero-order valence-electron chi connectivity index (χ0n) is 15.2. The summed E-state index contributed by atoms with van der Waals surface area (Å²) in [7, 11) is 0. The molecule has 0 bridgehead atoms. The molecule has 0 fully saturated rings. The van der Waals surface area contributed by atoms with Gasteiger partial charge in [-0.3, -0.25) is 14.5 Å². The number of nitrogens with zero attached hydrogens (tertiary/aromatic N) is 1. The van der Waals surface area contributed by atoms with Crippen LogP contribution >= 0.6 is 11.8 Å². The smallest absolute Gasteiger partial charge is 0.243 e. The highest BCUT2D eigenvalue weighted by Crippen LogP contribution is 2.32. The van der Waals surface area contributed by atoms with Crippen molar-refractivity contribution in [1.82, 2.24) is 5.32 Å². The number of carbonyl (C=O) groups is 2. The average molecular weight is 369 g/mol. The molecule has 0 radical (unpaired) electrons. The zero-order valence-corrected chi connectivity index (χ0v) is 16.0. The molecule has 1 aliphatic heterocycles. The number of rotatable bonds is 6. The van der Waals surface area contributed by atoms with Gasteiger partial charge in [-0.05, 0) is 42.0 Å². The van der Waals surface area contributed by atoms with Crippen molar-refractivity contribution in [3.63, 3.8) is 0 Å². The van der Waals surface area contributed by atoms with Gasteiger partial charge in [-0.15, -0.1) is 11.8 Å². The van der Waals surface area contributed by atoms with E-state index in [4.69, 9.17) is 0 Å². The Bertz CT molecular complexity index is 789. The van der Waals surface area contributed by atoms with Crippen molar-refractivity contribution in [2.24, 2.45) is 0 Å². The van der Waals surface area contributed by atoms with Crippen LogP contribution in [0.4, 0.5) is 5.69 Å². The Morgan fingerprint density at radius 3 is 2.58 bits per heavy atom. The first-order valence-corrected chi connectivity index (χ1v) is 10.2. The Morgan fingerprint density at radius 1 is 1.15 bits per heavy atom. The lowest BCUT2D eigenvalue weighted by Gasteiger charge is -2.24. The topological polar surface area (TPSA) is 49.4 Å². The molecule has 136 valence electrons. The van der Waals surface area contributed by atoms with Crippen molar-refractivity contribution in [2.45, 2.75) is 37.1 Å². The van der Waals surface area contributed by atoms with E-state index in [9.17, 15) is 9.59 Å². The van der Waals surface area contributed by atoms with Crippen LogP contribution in [-0.2, 0) is 22.4 Å². The van der Waals surface area contributed by atoms with Crippen LogP contribution in [0.2, 0.25) is 0 Å². The molecule has 0 spiro atoms. The molecule has 0 saturated heterocycles. The zero-order chi connectivity index (χ0) is 18.5. The highest BCUT2D eigenvalue weighted by molar-refractivity contribution is 7.98. The molecule has 2 amide bonds. The van der Waals surface area contributed by atoms with E-state index in [0.717, 1.165) is 17.7 Å². The van der Waals surface area contributed by atoms with Crippen molar-refractivity contribution >= 4 is 29.3 Å². The monoisotopic (exact) mass is 368 g/mol. The Labute approximate surface area is 159 Å². The number of carbonyl (C=O) groups excluding carboxylic acids is 2. The molecule has 1 atom stereocenters. The van der Waals surface area contributed by atoms with Crippen LogP contribution in [-0.4, -0.2) is 30.7 Å². The van der Waals surface area contributed by atoms with Gasteiger partial charge in [-0.25, -0.2) is 0 Å². The maximum absolute atomic E-state index is 12.7. The minimum absolute atomic E-state index is 0.0113. The fourth-order valence-corrected chi connectivity index (χ4v) is 3.72. The first-order valence-electron chi connectivity index (χ1n) is 8.94. The quantitative estimate of drug-likeness (QED) is 0.795. The van der Waals surface area contributed by atoms with Gasteiger partial charge in [0.05, 0.1) is 0 Å². The predicted molar refractivity (Wildman–Crippen MR) is 107 cm³/mol. The molecular weight excluding hydrogens is 344 g/mol. The molecule has 2 aromatic carbocycles. The SMILES string of the molecule is CCC(=O)N1c2ccccc2C[C@H]1C(=O)NCCc1ccc(SC)cc1. The predicted octanol–water partition coefficient (Wildman–Crippen LogP) is 3.44. The van der Waals surface area contributed by atoms with E-state index in [2.05, 4.69) is 35.8 Å². The molecule has 0 aromatic heterocycles. The van der Waals surface area contributed by atoms with Crippen LogP contribution in [0.1, 0.15) is 24.5 Å². The van der Waals surface area contributed by atoms with Gasteiger partial charge in [0.15, 0.2) is 0 Å². The van der Waals surface area contributed by atoms with Crippen molar-refractivity contribution in [2.75, 3.05) is 17.7 Å². The maximum atomic E-state index is 12.7. The summed E-state index contributed by atoms with van der Waals surface area (Å²) < 4.78 is 0. The van der Waals surface area contributed by atoms with Gasteiger partial charge in [-0.1, -0.05) is 37.3 Å². The van der Waals surface area contributed by atoms with Gasteiger partial charge in [0, 0.05) is 30.0 Å². The number of benzene rings is 2. The second-order valence-electron chi connectivity index (χ2n) is 6.36. The molecule has 3 rings (SSSR count). The molecule has 0 saturated carbocycles. The largest absolute Gasteiger partial charge is 0.354 e. The highest BCUT2D eigenvalue weighted by Gasteiger charge is 2.37.